The van der Waals surface area contributed by atoms with Crippen molar-refractivity contribution in [3.05, 3.63) is 59.7 Å². The zero-order valence-electron chi connectivity index (χ0n) is 22.4. The number of anilines is 2. The van der Waals surface area contributed by atoms with Gasteiger partial charge in [0.2, 0.25) is 0 Å². The Labute approximate surface area is 215 Å². The molecule has 0 heterocycles. The summed E-state index contributed by atoms with van der Waals surface area (Å²) in [6.45, 7) is 10.8. The van der Waals surface area contributed by atoms with Gasteiger partial charge in [-0.15, -0.1) is 0 Å². The molecule has 0 atom stereocenters. The lowest BCUT2D eigenvalue weighted by atomic mass is 10.1. The summed E-state index contributed by atoms with van der Waals surface area (Å²) in [6, 6.07) is 15.6. The Morgan fingerprint density at radius 2 is 1.03 bits per heavy atom. The Kier molecular flexibility index (Phi) is 11.6. The first kappa shape index (κ1) is 28.6. The molecule has 194 valence electrons. The van der Waals surface area contributed by atoms with Crippen molar-refractivity contribution >= 4 is 35.6 Å². The Morgan fingerprint density at radius 3 is 1.33 bits per heavy atom. The van der Waals surface area contributed by atoms with Crippen LogP contribution in [0.1, 0.15) is 51.7 Å². The van der Waals surface area contributed by atoms with Gasteiger partial charge in [-0.2, -0.15) is 10.2 Å². The number of hydrogen-bond donors (Lipinski definition) is 2. The highest BCUT2D eigenvalue weighted by atomic mass is 16.2. The van der Waals surface area contributed by atoms with Crippen molar-refractivity contribution in [2.45, 2.75) is 40.5 Å². The number of hydrazone groups is 2. The molecule has 0 spiro atoms. The molecule has 0 saturated carbocycles. The molecule has 2 N–H and O–H groups in total. The van der Waals surface area contributed by atoms with Crippen LogP contribution in [0.5, 0.6) is 0 Å². The summed E-state index contributed by atoms with van der Waals surface area (Å²) in [5, 5.41) is 7.72. The van der Waals surface area contributed by atoms with Crippen LogP contribution < -0.4 is 20.7 Å². The van der Waals surface area contributed by atoms with Crippen molar-refractivity contribution in [1.82, 2.24) is 10.9 Å². The summed E-state index contributed by atoms with van der Waals surface area (Å²) in [4.78, 5) is 28.3. The number of amides is 2. The van der Waals surface area contributed by atoms with Gasteiger partial charge in [-0.25, -0.2) is 10.9 Å². The number of nitrogens with zero attached hydrogens (tertiary/aromatic N) is 4. The van der Waals surface area contributed by atoms with Gasteiger partial charge >= 0.3 is 11.8 Å². The Morgan fingerprint density at radius 1 is 0.694 bits per heavy atom. The van der Waals surface area contributed by atoms with Crippen LogP contribution in [-0.4, -0.2) is 51.4 Å². The van der Waals surface area contributed by atoms with Gasteiger partial charge in [0.05, 0.1) is 12.4 Å². The third-order valence-corrected chi connectivity index (χ3v) is 5.72. The average Bonchev–Trinajstić information content (AvgIpc) is 2.86. The molecule has 8 nitrogen and oxygen atoms in total. The molecule has 0 aliphatic rings. The third-order valence-electron chi connectivity index (χ3n) is 5.72. The van der Waals surface area contributed by atoms with Gasteiger partial charge in [-0.05, 0) is 60.1 Å². The molecule has 0 saturated heterocycles. The number of hydrogen-bond acceptors (Lipinski definition) is 6. The first-order valence-electron chi connectivity index (χ1n) is 12.4. The molecule has 2 rings (SSSR count). The minimum atomic E-state index is -0.893. The van der Waals surface area contributed by atoms with Crippen LogP contribution in [0.15, 0.2) is 58.7 Å². The third kappa shape index (κ3) is 10.3. The highest BCUT2D eigenvalue weighted by Crippen LogP contribution is 2.15. The van der Waals surface area contributed by atoms with Gasteiger partial charge in [0.25, 0.3) is 0 Å². The van der Waals surface area contributed by atoms with Gasteiger partial charge in [-0.3, -0.25) is 9.59 Å². The molecule has 2 aromatic carbocycles. The number of rotatable bonds is 12. The summed E-state index contributed by atoms with van der Waals surface area (Å²) >= 11 is 0. The summed E-state index contributed by atoms with van der Waals surface area (Å²) in [5.74, 6) is -0.474. The van der Waals surface area contributed by atoms with E-state index in [1.54, 1.807) is 0 Å². The zero-order valence-corrected chi connectivity index (χ0v) is 22.4. The predicted octanol–water partition coefficient (Wildman–Crippen LogP) is 4.25. The molecule has 0 fully saturated rings. The molecule has 0 aromatic heterocycles. The highest BCUT2D eigenvalue weighted by Gasteiger charge is 2.11. The van der Waals surface area contributed by atoms with E-state index in [9.17, 15) is 9.59 Å². The van der Waals surface area contributed by atoms with Crippen molar-refractivity contribution in [3.63, 3.8) is 0 Å². The largest absolute Gasteiger partial charge is 0.375 e. The molecule has 0 radical (unpaired) electrons. The quantitative estimate of drug-likeness (QED) is 0.263. The Hall–Kier alpha value is -3.68. The van der Waals surface area contributed by atoms with Crippen molar-refractivity contribution in [1.29, 1.82) is 0 Å². The SMILES string of the molecule is CC(C)CCN(C)c1ccc(C=NNC(=O)C(=O)N/N=C/c2ccc(N(C)CCC(C)C)cc2)cc1. The molecule has 0 aliphatic heterocycles. The lowest BCUT2D eigenvalue weighted by Gasteiger charge is -2.20. The van der Waals surface area contributed by atoms with Gasteiger partial charge in [0.15, 0.2) is 0 Å². The van der Waals surface area contributed by atoms with Crippen LogP contribution in [0.2, 0.25) is 0 Å². The van der Waals surface area contributed by atoms with E-state index >= 15 is 0 Å². The molecule has 0 bridgehead atoms. The summed E-state index contributed by atoms with van der Waals surface area (Å²) in [7, 11) is 4.13. The Bertz CT molecular complexity index is 930. The topological polar surface area (TPSA) is 89.4 Å². The first-order valence-corrected chi connectivity index (χ1v) is 12.4. The normalized spacial score (nSPS) is 11.4. The molecule has 8 heteroatoms. The summed E-state index contributed by atoms with van der Waals surface area (Å²) < 4.78 is 0. The standard InChI is InChI=1S/C28H40N6O2/c1-21(2)15-17-33(5)25-11-7-23(8-12-25)19-29-31-27(35)28(36)32-30-20-24-9-13-26(14-10-24)34(6)18-16-22(3)4/h7-14,19-22H,15-18H2,1-6H3,(H,31,35)(H,32,36)/b29-19+,30-20?. The monoisotopic (exact) mass is 492 g/mol. The van der Waals surface area contributed by atoms with E-state index in [0.29, 0.717) is 11.8 Å². The first-order chi connectivity index (χ1) is 17.2. The van der Waals surface area contributed by atoms with E-state index in [1.165, 1.54) is 12.4 Å². The summed E-state index contributed by atoms with van der Waals surface area (Å²) in [6.07, 6.45) is 5.23. The van der Waals surface area contributed by atoms with Gasteiger partial charge < -0.3 is 9.80 Å². The minimum absolute atomic E-state index is 0.656. The second kappa shape index (κ2) is 14.7. The zero-order chi connectivity index (χ0) is 26.5. The second-order valence-electron chi connectivity index (χ2n) is 9.79. The van der Waals surface area contributed by atoms with Gasteiger partial charge in [-0.1, -0.05) is 52.0 Å². The van der Waals surface area contributed by atoms with Crippen LogP contribution in [0.4, 0.5) is 11.4 Å². The fourth-order valence-electron chi connectivity index (χ4n) is 3.22. The summed E-state index contributed by atoms with van der Waals surface area (Å²) in [5.41, 5.74) is 8.29. The number of carbonyl (C=O) groups is 2. The Balaban J connectivity index is 1.77. The maximum Gasteiger partial charge on any atom is 0.331 e. The van der Waals surface area contributed by atoms with Crippen molar-refractivity contribution in [2.24, 2.45) is 22.0 Å². The van der Waals surface area contributed by atoms with Crippen molar-refractivity contribution < 1.29 is 9.59 Å². The second-order valence-corrected chi connectivity index (χ2v) is 9.79. The number of carbonyl (C=O) groups excluding carboxylic acids is 2. The van der Waals surface area contributed by atoms with Gasteiger partial charge in [0.1, 0.15) is 0 Å². The molecule has 36 heavy (non-hydrogen) atoms. The number of benzene rings is 2. The van der Waals surface area contributed by atoms with Crippen LogP contribution in [-0.2, 0) is 9.59 Å². The van der Waals surface area contributed by atoms with Crippen LogP contribution >= 0.6 is 0 Å². The molecule has 0 unspecified atom stereocenters. The molecule has 0 aliphatic carbocycles. The molecule has 2 amide bonds. The van der Waals surface area contributed by atoms with Crippen LogP contribution in [0.3, 0.4) is 0 Å². The predicted molar refractivity (Wildman–Crippen MR) is 150 cm³/mol. The van der Waals surface area contributed by atoms with E-state index in [2.05, 4.69) is 72.6 Å². The fourth-order valence-corrected chi connectivity index (χ4v) is 3.22. The van der Waals surface area contributed by atoms with Gasteiger partial charge in [0, 0.05) is 38.6 Å². The van der Waals surface area contributed by atoms with E-state index in [-0.39, 0.29) is 0 Å². The van der Waals surface area contributed by atoms with E-state index < -0.39 is 11.8 Å². The average molecular weight is 493 g/mol. The van der Waals surface area contributed by atoms with E-state index in [0.717, 1.165) is 48.4 Å². The van der Waals surface area contributed by atoms with E-state index in [4.69, 9.17) is 0 Å². The molecule has 2 aromatic rings. The molecular formula is C28H40N6O2. The minimum Gasteiger partial charge on any atom is -0.375 e. The molecular weight excluding hydrogens is 452 g/mol. The lowest BCUT2D eigenvalue weighted by molar-refractivity contribution is -0.139. The van der Waals surface area contributed by atoms with Crippen LogP contribution in [0, 0.1) is 11.8 Å². The van der Waals surface area contributed by atoms with Crippen molar-refractivity contribution in [3.8, 4) is 0 Å². The maximum absolute atomic E-state index is 12.0. The fraction of sp³-hybridized carbons (Fsp3) is 0.429. The maximum atomic E-state index is 12.0. The van der Waals surface area contributed by atoms with E-state index in [1.807, 2.05) is 48.5 Å². The van der Waals surface area contributed by atoms with Crippen molar-refractivity contribution in [2.75, 3.05) is 37.0 Å². The number of nitrogens with one attached hydrogen (secondary N) is 2. The van der Waals surface area contributed by atoms with Crippen LogP contribution in [0.25, 0.3) is 0 Å². The smallest absolute Gasteiger partial charge is 0.331 e. The lowest BCUT2D eigenvalue weighted by Crippen LogP contribution is -2.35. The highest BCUT2D eigenvalue weighted by molar-refractivity contribution is 6.35.